The van der Waals surface area contributed by atoms with Crippen molar-refractivity contribution in [2.75, 3.05) is 13.1 Å². The van der Waals surface area contributed by atoms with Gasteiger partial charge in [-0.1, -0.05) is 12.1 Å². The normalized spacial score (nSPS) is 27.7. The fraction of sp³-hybridized carbons (Fsp3) is 0.562. The number of nitrogens with one attached hydrogen (secondary N) is 1. The van der Waals surface area contributed by atoms with E-state index in [2.05, 4.69) is 5.32 Å². The minimum atomic E-state index is -4.00. The summed E-state index contributed by atoms with van der Waals surface area (Å²) in [4.78, 5) is 21.9. The summed E-state index contributed by atoms with van der Waals surface area (Å²) in [7, 11) is -4.00. The summed E-state index contributed by atoms with van der Waals surface area (Å²) < 4.78 is 27.3. The number of piperidine rings is 2. The molecule has 0 radical (unpaired) electrons. The molecule has 2 aliphatic rings. The van der Waals surface area contributed by atoms with Crippen molar-refractivity contribution in [3.63, 3.8) is 0 Å². The molecule has 0 saturated carbocycles. The van der Waals surface area contributed by atoms with E-state index in [0.717, 1.165) is 6.42 Å². The maximum atomic E-state index is 13.0. The smallest absolute Gasteiger partial charge is 0.289 e. The number of amides is 1. The Morgan fingerprint density at radius 3 is 2.73 bits per heavy atom. The molecule has 3 atom stereocenters. The first-order valence-corrected chi connectivity index (χ1v) is 10.0. The summed E-state index contributed by atoms with van der Waals surface area (Å²) in [5.74, 6) is -0.184. The van der Waals surface area contributed by atoms with Gasteiger partial charge in [0.15, 0.2) is 4.90 Å². The SMILES string of the molecule is NC1CCC(=O)NC1C1CCCN(S(=O)(=O)c2ccccc2[N+](=O)[O-])C1. The Morgan fingerprint density at radius 2 is 2.00 bits per heavy atom. The van der Waals surface area contributed by atoms with Crippen LogP contribution in [0.4, 0.5) is 5.69 Å². The predicted molar refractivity (Wildman–Crippen MR) is 93.7 cm³/mol. The lowest BCUT2D eigenvalue weighted by molar-refractivity contribution is -0.387. The average molecular weight is 382 g/mol. The first kappa shape index (κ1) is 18.7. The molecule has 3 rings (SSSR count). The highest BCUT2D eigenvalue weighted by atomic mass is 32.2. The monoisotopic (exact) mass is 382 g/mol. The molecule has 0 bridgehead atoms. The zero-order valence-corrected chi connectivity index (χ0v) is 15.0. The van der Waals surface area contributed by atoms with Crippen LogP contribution in [0.25, 0.3) is 0 Å². The van der Waals surface area contributed by atoms with Crippen LogP contribution in [-0.4, -0.2) is 48.7 Å². The molecule has 1 amide bonds. The highest BCUT2D eigenvalue weighted by Crippen LogP contribution is 2.31. The van der Waals surface area contributed by atoms with Crippen LogP contribution in [0.3, 0.4) is 0 Å². The Balaban J connectivity index is 1.85. The summed E-state index contributed by atoms with van der Waals surface area (Å²) in [6, 6.07) is 4.86. The molecule has 9 nitrogen and oxygen atoms in total. The van der Waals surface area contributed by atoms with Crippen LogP contribution in [0, 0.1) is 16.0 Å². The molecule has 2 fully saturated rings. The van der Waals surface area contributed by atoms with E-state index in [9.17, 15) is 23.3 Å². The topological polar surface area (TPSA) is 136 Å². The first-order valence-electron chi connectivity index (χ1n) is 8.59. The third-order valence-corrected chi connectivity index (χ3v) is 7.01. The number of sulfonamides is 1. The lowest BCUT2D eigenvalue weighted by Crippen LogP contribution is -2.58. The molecule has 26 heavy (non-hydrogen) atoms. The van der Waals surface area contributed by atoms with Crippen molar-refractivity contribution in [2.24, 2.45) is 11.7 Å². The zero-order valence-electron chi connectivity index (χ0n) is 14.2. The molecular weight excluding hydrogens is 360 g/mol. The van der Waals surface area contributed by atoms with E-state index in [1.165, 1.54) is 28.6 Å². The Kier molecular flexibility index (Phi) is 5.26. The molecule has 2 heterocycles. The third kappa shape index (κ3) is 3.57. The summed E-state index contributed by atoms with van der Waals surface area (Å²) in [5.41, 5.74) is 5.70. The number of para-hydroxylation sites is 1. The van der Waals surface area contributed by atoms with Gasteiger partial charge < -0.3 is 11.1 Å². The van der Waals surface area contributed by atoms with Crippen LogP contribution in [0.2, 0.25) is 0 Å². The molecule has 1 aromatic rings. The number of nitrogens with two attached hydrogens (primary N) is 1. The summed E-state index contributed by atoms with van der Waals surface area (Å²) in [6.45, 7) is 0.480. The van der Waals surface area contributed by atoms with Crippen LogP contribution < -0.4 is 11.1 Å². The van der Waals surface area contributed by atoms with Gasteiger partial charge >= 0.3 is 0 Å². The first-order chi connectivity index (χ1) is 12.3. The summed E-state index contributed by atoms with van der Waals surface area (Å²) in [5, 5.41) is 14.1. The highest BCUT2D eigenvalue weighted by molar-refractivity contribution is 7.89. The average Bonchev–Trinajstić information content (AvgIpc) is 2.63. The van der Waals surface area contributed by atoms with Crippen LogP contribution in [0.5, 0.6) is 0 Å². The van der Waals surface area contributed by atoms with Gasteiger partial charge in [0.1, 0.15) is 0 Å². The molecule has 3 N–H and O–H groups in total. The zero-order chi connectivity index (χ0) is 18.9. The fourth-order valence-electron chi connectivity index (χ4n) is 3.76. The van der Waals surface area contributed by atoms with E-state index in [4.69, 9.17) is 5.73 Å². The summed E-state index contributed by atoms with van der Waals surface area (Å²) in [6.07, 6.45) is 2.32. The maximum absolute atomic E-state index is 13.0. The molecule has 142 valence electrons. The number of carbonyl (C=O) groups excluding carboxylic acids is 1. The molecule has 10 heteroatoms. The number of nitrogens with zero attached hydrogens (tertiary/aromatic N) is 2. The summed E-state index contributed by atoms with van der Waals surface area (Å²) >= 11 is 0. The van der Waals surface area contributed by atoms with Crippen molar-refractivity contribution in [1.82, 2.24) is 9.62 Å². The second kappa shape index (κ2) is 7.29. The van der Waals surface area contributed by atoms with Gasteiger partial charge in [0.2, 0.25) is 15.9 Å². The van der Waals surface area contributed by atoms with E-state index in [0.29, 0.717) is 25.8 Å². The number of hydrogen-bond acceptors (Lipinski definition) is 6. The van der Waals surface area contributed by atoms with E-state index < -0.39 is 20.6 Å². The third-order valence-electron chi connectivity index (χ3n) is 5.10. The Labute approximate surface area is 151 Å². The largest absolute Gasteiger partial charge is 0.351 e. The quantitative estimate of drug-likeness (QED) is 0.578. The number of nitro benzene ring substituents is 1. The van der Waals surface area contributed by atoms with Gasteiger partial charge in [0, 0.05) is 37.7 Å². The van der Waals surface area contributed by atoms with Crippen molar-refractivity contribution in [3.8, 4) is 0 Å². The van der Waals surface area contributed by atoms with E-state index >= 15 is 0 Å². The van der Waals surface area contributed by atoms with Crippen molar-refractivity contribution in [2.45, 2.75) is 42.7 Å². The van der Waals surface area contributed by atoms with Gasteiger partial charge in [-0.05, 0) is 31.2 Å². The molecule has 0 spiro atoms. The second-order valence-corrected chi connectivity index (χ2v) is 8.69. The second-order valence-electron chi connectivity index (χ2n) is 6.79. The van der Waals surface area contributed by atoms with Gasteiger partial charge in [-0.25, -0.2) is 8.42 Å². The van der Waals surface area contributed by atoms with E-state index in [1.54, 1.807) is 0 Å². The van der Waals surface area contributed by atoms with E-state index in [-0.39, 0.29) is 35.3 Å². The minimum Gasteiger partial charge on any atom is -0.351 e. The van der Waals surface area contributed by atoms with Crippen molar-refractivity contribution >= 4 is 21.6 Å². The van der Waals surface area contributed by atoms with Crippen LogP contribution >= 0.6 is 0 Å². The molecule has 1 aromatic carbocycles. The number of hydrogen-bond donors (Lipinski definition) is 2. The van der Waals surface area contributed by atoms with Gasteiger partial charge in [0.25, 0.3) is 5.69 Å². The Morgan fingerprint density at radius 1 is 1.27 bits per heavy atom. The number of nitro groups is 1. The highest BCUT2D eigenvalue weighted by Gasteiger charge is 2.39. The van der Waals surface area contributed by atoms with Gasteiger partial charge in [0.05, 0.1) is 4.92 Å². The number of rotatable bonds is 4. The van der Waals surface area contributed by atoms with Crippen molar-refractivity contribution < 1.29 is 18.1 Å². The molecule has 2 aliphatic heterocycles. The van der Waals surface area contributed by atoms with Gasteiger partial charge in [-0.2, -0.15) is 4.31 Å². The van der Waals surface area contributed by atoms with E-state index in [1.807, 2.05) is 0 Å². The maximum Gasteiger partial charge on any atom is 0.289 e. The molecule has 0 aromatic heterocycles. The minimum absolute atomic E-state index is 0.0737. The van der Waals surface area contributed by atoms with Crippen LogP contribution in [0.1, 0.15) is 25.7 Å². The molecule has 2 saturated heterocycles. The fourth-order valence-corrected chi connectivity index (χ4v) is 5.45. The number of carbonyl (C=O) groups is 1. The lowest BCUT2D eigenvalue weighted by atomic mass is 9.84. The van der Waals surface area contributed by atoms with Crippen molar-refractivity contribution in [3.05, 3.63) is 34.4 Å². The molecule has 0 aliphatic carbocycles. The Bertz CT molecular complexity index is 813. The van der Waals surface area contributed by atoms with Crippen LogP contribution in [0.15, 0.2) is 29.2 Å². The lowest BCUT2D eigenvalue weighted by Gasteiger charge is -2.40. The van der Waals surface area contributed by atoms with Crippen LogP contribution in [-0.2, 0) is 14.8 Å². The molecule has 3 unspecified atom stereocenters. The number of benzene rings is 1. The molecular formula is C16H22N4O5S. The van der Waals surface area contributed by atoms with Gasteiger partial charge in [-0.3, -0.25) is 14.9 Å². The standard InChI is InChI=1S/C16H22N4O5S/c17-12-7-8-15(21)18-16(12)11-4-3-9-19(10-11)26(24,25)14-6-2-1-5-13(14)20(22)23/h1-2,5-6,11-12,16H,3-4,7-10,17H2,(H,18,21). The van der Waals surface area contributed by atoms with Crippen molar-refractivity contribution in [1.29, 1.82) is 0 Å². The Hall–Kier alpha value is -2.04. The van der Waals surface area contributed by atoms with Gasteiger partial charge in [-0.15, -0.1) is 0 Å². The predicted octanol–water partition coefficient (Wildman–Crippen LogP) is 0.601.